The van der Waals surface area contributed by atoms with E-state index in [1.165, 1.54) is 12.1 Å². The largest absolute Gasteiger partial charge is 0.323 e. The van der Waals surface area contributed by atoms with Crippen LogP contribution in [0.15, 0.2) is 96.1 Å². The van der Waals surface area contributed by atoms with Crippen molar-refractivity contribution in [3.8, 4) is 0 Å². The minimum absolute atomic E-state index is 0.0139. The van der Waals surface area contributed by atoms with E-state index in [1.807, 2.05) is 72.8 Å². The van der Waals surface area contributed by atoms with Crippen molar-refractivity contribution in [3.63, 3.8) is 0 Å². The summed E-state index contributed by atoms with van der Waals surface area (Å²) in [6.07, 6.45) is 1.71. The number of hydrogen-bond acceptors (Lipinski definition) is 7. The predicted octanol–water partition coefficient (Wildman–Crippen LogP) is 5.43. The Morgan fingerprint density at radius 1 is 0.953 bits per heavy atom. The number of aromatic amines is 1. The Morgan fingerprint density at radius 2 is 1.63 bits per heavy atom. The molecule has 2 heterocycles. The smallest absolute Gasteiger partial charge is 0.293 e. The molecule has 9 rings (SSSR count). The molecule has 210 valence electrons. The molecule has 0 radical (unpaired) electrons. The first kappa shape index (κ1) is 25.1. The van der Waals surface area contributed by atoms with Crippen molar-refractivity contribution >= 4 is 46.4 Å². The second-order valence-corrected chi connectivity index (χ2v) is 11.3. The third-order valence-corrected chi connectivity index (χ3v) is 9.08. The van der Waals surface area contributed by atoms with Crippen molar-refractivity contribution in [2.45, 2.75) is 18.3 Å². The molecule has 10 nitrogen and oxygen atoms in total. The van der Waals surface area contributed by atoms with Gasteiger partial charge in [0.15, 0.2) is 0 Å². The molecule has 5 aromatic rings. The minimum Gasteiger partial charge on any atom is -0.323 e. The number of amides is 2. The molecule has 2 N–H and O–H groups in total. The number of hydrazone groups is 1. The van der Waals surface area contributed by atoms with Crippen LogP contribution in [0.5, 0.6) is 0 Å². The summed E-state index contributed by atoms with van der Waals surface area (Å²) in [5.41, 5.74) is 7.53. The number of nitro groups is 1. The highest BCUT2D eigenvalue weighted by molar-refractivity contribution is 6.25. The van der Waals surface area contributed by atoms with E-state index in [-0.39, 0.29) is 17.3 Å². The predicted molar refractivity (Wildman–Crippen MR) is 161 cm³/mol. The fraction of sp³-hybridized carbons (Fsp3) is 0.152. The first-order valence-electron chi connectivity index (χ1n) is 14.0. The number of nitrogens with one attached hydrogen (secondary N) is 2. The summed E-state index contributed by atoms with van der Waals surface area (Å²) in [5.74, 6) is -2.51. The number of fused-ring (bicyclic) bond motifs is 1. The number of hydrogen-bond donors (Lipinski definition) is 2. The normalized spacial score (nSPS) is 23.5. The zero-order valence-corrected chi connectivity index (χ0v) is 22.9. The molecule has 1 aliphatic heterocycles. The third-order valence-electron chi connectivity index (χ3n) is 9.08. The molecule has 2 amide bonds. The van der Waals surface area contributed by atoms with Gasteiger partial charge in [0.2, 0.25) is 17.8 Å². The number of aryl methyl sites for hydroxylation is 1. The minimum atomic E-state index is -1.12. The van der Waals surface area contributed by atoms with E-state index in [1.54, 1.807) is 19.2 Å². The monoisotopic (exact) mass is 568 g/mol. The van der Waals surface area contributed by atoms with Crippen LogP contribution in [0.2, 0.25) is 0 Å². The molecule has 4 aromatic carbocycles. The van der Waals surface area contributed by atoms with E-state index >= 15 is 0 Å². The molecule has 0 saturated carbocycles. The average molecular weight is 569 g/mol. The van der Waals surface area contributed by atoms with E-state index in [4.69, 9.17) is 0 Å². The summed E-state index contributed by atoms with van der Waals surface area (Å²) in [6, 6.07) is 27.8. The molecule has 4 aliphatic rings. The van der Waals surface area contributed by atoms with E-state index < -0.39 is 34.0 Å². The highest BCUT2D eigenvalue weighted by atomic mass is 16.6. The van der Waals surface area contributed by atoms with Crippen LogP contribution in [-0.2, 0) is 15.0 Å². The Hall–Kier alpha value is -5.64. The number of benzene rings is 4. The number of anilines is 2. The Balaban J connectivity index is 1.32. The van der Waals surface area contributed by atoms with Gasteiger partial charge in [-0.05, 0) is 52.9 Å². The van der Waals surface area contributed by atoms with Crippen LogP contribution < -0.4 is 10.3 Å². The molecule has 1 aromatic heterocycles. The van der Waals surface area contributed by atoms with E-state index in [9.17, 15) is 19.7 Å². The number of aromatic nitrogens is 2. The highest BCUT2D eigenvalue weighted by Crippen LogP contribution is 2.64. The fourth-order valence-corrected chi connectivity index (χ4v) is 7.46. The molecule has 3 aliphatic carbocycles. The van der Waals surface area contributed by atoms with Gasteiger partial charge >= 0.3 is 0 Å². The Bertz CT molecular complexity index is 1970. The fourth-order valence-electron chi connectivity index (χ4n) is 7.46. The topological polar surface area (TPSA) is 134 Å². The number of nitrogens with zero attached hydrogens (tertiary/aromatic N) is 4. The molecule has 2 bridgehead atoms. The average Bonchev–Trinajstić information content (AvgIpc) is 3.55. The van der Waals surface area contributed by atoms with Crippen molar-refractivity contribution in [1.82, 2.24) is 9.97 Å². The lowest BCUT2D eigenvalue weighted by molar-refractivity contribution is -0.384. The summed E-state index contributed by atoms with van der Waals surface area (Å²) in [6.45, 7) is 1.73. The molecule has 43 heavy (non-hydrogen) atoms. The molecule has 2 unspecified atom stereocenters. The number of nitro benzene ring substituents is 1. The lowest BCUT2D eigenvalue weighted by Crippen LogP contribution is -2.54. The van der Waals surface area contributed by atoms with Crippen molar-refractivity contribution in [2.75, 3.05) is 10.3 Å². The number of imidazole rings is 1. The summed E-state index contributed by atoms with van der Waals surface area (Å²) in [4.78, 5) is 49.2. The first-order valence-corrected chi connectivity index (χ1v) is 14.0. The number of carbonyl (C=O) groups is 2. The van der Waals surface area contributed by atoms with Gasteiger partial charge in [-0.3, -0.25) is 19.7 Å². The van der Waals surface area contributed by atoms with Crippen molar-refractivity contribution in [2.24, 2.45) is 16.9 Å². The number of imide groups is 1. The summed E-state index contributed by atoms with van der Waals surface area (Å²) >= 11 is 0. The summed E-state index contributed by atoms with van der Waals surface area (Å²) in [7, 11) is 0. The number of rotatable bonds is 5. The van der Waals surface area contributed by atoms with Crippen molar-refractivity contribution in [1.29, 1.82) is 0 Å². The van der Waals surface area contributed by atoms with E-state index in [0.29, 0.717) is 11.5 Å². The maximum atomic E-state index is 14.6. The van der Waals surface area contributed by atoms with Crippen LogP contribution in [0.1, 0.15) is 33.7 Å². The molecular weight excluding hydrogens is 544 g/mol. The quantitative estimate of drug-likeness (QED) is 0.126. The zero-order chi connectivity index (χ0) is 29.5. The van der Waals surface area contributed by atoms with Gasteiger partial charge in [0.1, 0.15) is 5.69 Å². The maximum Gasteiger partial charge on any atom is 0.293 e. The van der Waals surface area contributed by atoms with Gasteiger partial charge in [-0.2, -0.15) is 5.10 Å². The zero-order valence-electron chi connectivity index (χ0n) is 22.9. The number of carbonyl (C=O) groups excluding carboxylic acids is 2. The van der Waals surface area contributed by atoms with Gasteiger partial charge in [-0.15, -0.1) is 0 Å². The maximum absolute atomic E-state index is 14.6. The standard InChI is InChI=1S/C33H24N6O4/c1-18-14-15-25(26(16-18)39(42)43)38-30(40)28-27-19-8-2-4-10-21(19)33(29(28)31(38)41,22-11-5-3-9-20(22)27)17-34-37-32-35-23-12-6-7-13-24(23)36-32/h2-17,27-29H,1H3,(H2,35,36,37)/b34-17+. The lowest BCUT2D eigenvalue weighted by atomic mass is 9.47. The second kappa shape index (κ2) is 8.93. The lowest BCUT2D eigenvalue weighted by Gasteiger charge is -2.52. The number of para-hydroxylation sites is 2. The summed E-state index contributed by atoms with van der Waals surface area (Å²) < 4.78 is 0. The molecule has 1 fully saturated rings. The SMILES string of the molecule is Cc1ccc(N2C(=O)C3C4c5ccccc5C(/C=N/Nc5nc6ccccc6[nH]5)(c5ccccc54)C3C2=O)c([N+](=O)[O-])c1. The van der Waals surface area contributed by atoms with Gasteiger partial charge in [-0.1, -0.05) is 66.7 Å². The molecule has 2 atom stereocenters. The van der Waals surface area contributed by atoms with Gasteiger partial charge in [-0.25, -0.2) is 15.3 Å². The molecule has 1 saturated heterocycles. The van der Waals surface area contributed by atoms with Crippen LogP contribution in [0.25, 0.3) is 11.0 Å². The molecule has 10 heteroatoms. The summed E-state index contributed by atoms with van der Waals surface area (Å²) in [5, 5.41) is 16.7. The van der Waals surface area contributed by atoms with Crippen molar-refractivity contribution in [3.05, 3.63) is 129 Å². The number of H-pyrrole nitrogens is 1. The van der Waals surface area contributed by atoms with Crippen molar-refractivity contribution < 1.29 is 14.5 Å². The Labute approximate surface area is 245 Å². The third kappa shape index (κ3) is 3.34. The van der Waals surface area contributed by atoms with Gasteiger partial charge < -0.3 is 4.98 Å². The first-order chi connectivity index (χ1) is 20.9. The Kier molecular flexibility index (Phi) is 5.21. The highest BCUT2D eigenvalue weighted by Gasteiger charge is 2.68. The van der Waals surface area contributed by atoms with Crippen LogP contribution >= 0.6 is 0 Å². The molecular formula is C33H24N6O4. The van der Waals surface area contributed by atoms with Crippen LogP contribution in [0.4, 0.5) is 17.3 Å². The van der Waals surface area contributed by atoms with Gasteiger partial charge in [0.05, 0.1) is 33.2 Å². The van der Waals surface area contributed by atoms with Gasteiger partial charge in [0, 0.05) is 18.2 Å². The van der Waals surface area contributed by atoms with Crippen LogP contribution in [-0.4, -0.2) is 32.9 Å². The Morgan fingerprint density at radius 3 is 2.33 bits per heavy atom. The van der Waals surface area contributed by atoms with E-state index in [0.717, 1.165) is 38.2 Å². The molecule has 0 spiro atoms. The van der Waals surface area contributed by atoms with Crippen LogP contribution in [0.3, 0.4) is 0 Å². The van der Waals surface area contributed by atoms with Crippen LogP contribution in [0, 0.1) is 28.9 Å². The van der Waals surface area contributed by atoms with Gasteiger partial charge in [0.25, 0.3) is 5.69 Å². The second-order valence-electron chi connectivity index (χ2n) is 11.3. The van der Waals surface area contributed by atoms with E-state index in [2.05, 4.69) is 20.5 Å².